The first-order valence-electron chi connectivity index (χ1n) is 12.1. The van der Waals surface area contributed by atoms with E-state index in [2.05, 4.69) is 16.0 Å². The number of nitrogens with two attached hydrogens (primary N) is 1. The molecule has 0 bridgehead atoms. The first kappa shape index (κ1) is 28.9. The summed E-state index contributed by atoms with van der Waals surface area (Å²) in [6, 6.07) is 11.8. The van der Waals surface area contributed by atoms with Gasteiger partial charge in [-0.05, 0) is 35.6 Å². The van der Waals surface area contributed by atoms with Crippen LogP contribution >= 0.6 is 0 Å². The number of carbonyl (C=O) groups excluding carboxylic acids is 4. The standard InChI is InChI=1S/C26H37N5O5/c1-16(2)12-21(15-23(32)31-36)25(34)29-22(26(35)30-24(33)17(3)28-11-10-27)14-18-8-9-19-6-4-5-7-20(19)13-18/h4-9,13,16-17,21-22,28,36H,10-12,14-15,27H2,1-3H3,(H,29,34)(H,31,32)(H,30,33,35)/t17-,21+,22-/m0/s1. The number of imide groups is 1. The highest BCUT2D eigenvalue weighted by atomic mass is 16.5. The lowest BCUT2D eigenvalue weighted by atomic mass is 9.92. The first-order chi connectivity index (χ1) is 17.1. The Bertz CT molecular complexity index is 1060. The van der Waals surface area contributed by atoms with Crippen LogP contribution in [-0.4, -0.2) is 54.0 Å². The van der Waals surface area contributed by atoms with Crippen molar-refractivity contribution in [3.63, 3.8) is 0 Å². The quantitative estimate of drug-likeness (QED) is 0.177. The summed E-state index contributed by atoms with van der Waals surface area (Å²) >= 11 is 0. The van der Waals surface area contributed by atoms with Gasteiger partial charge in [0, 0.05) is 31.8 Å². The molecule has 4 amide bonds. The molecule has 0 spiro atoms. The molecule has 0 aliphatic rings. The lowest BCUT2D eigenvalue weighted by Crippen LogP contribution is -2.54. The molecule has 7 N–H and O–H groups in total. The number of benzene rings is 2. The number of rotatable bonds is 13. The molecular weight excluding hydrogens is 462 g/mol. The van der Waals surface area contributed by atoms with Gasteiger partial charge >= 0.3 is 0 Å². The summed E-state index contributed by atoms with van der Waals surface area (Å²) in [7, 11) is 0. The number of hydrogen-bond acceptors (Lipinski definition) is 7. The number of carbonyl (C=O) groups is 4. The van der Waals surface area contributed by atoms with E-state index in [9.17, 15) is 19.2 Å². The van der Waals surface area contributed by atoms with Crippen molar-refractivity contribution in [2.24, 2.45) is 17.6 Å². The molecule has 10 nitrogen and oxygen atoms in total. The molecule has 0 fully saturated rings. The fourth-order valence-corrected chi connectivity index (χ4v) is 3.93. The maximum absolute atomic E-state index is 13.1. The molecule has 36 heavy (non-hydrogen) atoms. The lowest BCUT2D eigenvalue weighted by molar-refractivity contribution is -0.137. The average Bonchev–Trinajstić information content (AvgIpc) is 2.85. The van der Waals surface area contributed by atoms with Crippen LogP contribution < -0.4 is 27.2 Å². The Morgan fingerprint density at radius 1 is 0.944 bits per heavy atom. The number of fused-ring (bicyclic) bond motifs is 1. The van der Waals surface area contributed by atoms with Crippen LogP contribution in [-0.2, 0) is 25.6 Å². The third-order valence-corrected chi connectivity index (χ3v) is 5.80. The largest absolute Gasteiger partial charge is 0.344 e. The molecular formula is C26H37N5O5. The van der Waals surface area contributed by atoms with Crippen LogP contribution in [0.3, 0.4) is 0 Å². The summed E-state index contributed by atoms with van der Waals surface area (Å²) < 4.78 is 0. The van der Waals surface area contributed by atoms with Crippen LogP contribution in [0.1, 0.15) is 39.2 Å². The summed E-state index contributed by atoms with van der Waals surface area (Å²) in [5, 5.41) is 18.9. The highest BCUT2D eigenvalue weighted by molar-refractivity contribution is 6.01. The SMILES string of the molecule is CC(C)C[C@H](CC(=O)NO)C(=O)N[C@@H](Cc1ccc2ccccc2c1)C(=O)NC(=O)[C@H](C)NCCN. The van der Waals surface area contributed by atoms with Crippen molar-refractivity contribution < 1.29 is 24.4 Å². The summed E-state index contributed by atoms with van der Waals surface area (Å²) in [6.07, 6.45) is 0.285. The van der Waals surface area contributed by atoms with Crippen LogP contribution in [0.4, 0.5) is 0 Å². The van der Waals surface area contributed by atoms with E-state index in [0.717, 1.165) is 16.3 Å². The molecule has 0 saturated heterocycles. The minimum absolute atomic E-state index is 0.0936. The second-order valence-electron chi connectivity index (χ2n) is 9.33. The summed E-state index contributed by atoms with van der Waals surface area (Å²) in [6.45, 7) is 6.17. The fourth-order valence-electron chi connectivity index (χ4n) is 3.93. The van der Waals surface area contributed by atoms with Crippen molar-refractivity contribution in [2.45, 2.75) is 52.1 Å². The maximum Gasteiger partial charge on any atom is 0.249 e. The Labute approximate surface area is 211 Å². The van der Waals surface area contributed by atoms with E-state index >= 15 is 0 Å². The van der Waals surface area contributed by atoms with Gasteiger partial charge in [0.1, 0.15) is 6.04 Å². The molecule has 2 aromatic rings. The molecule has 0 aliphatic carbocycles. The summed E-state index contributed by atoms with van der Waals surface area (Å²) in [5.41, 5.74) is 7.81. The van der Waals surface area contributed by atoms with Gasteiger partial charge in [-0.1, -0.05) is 56.3 Å². The molecule has 2 rings (SSSR count). The average molecular weight is 500 g/mol. The zero-order valence-corrected chi connectivity index (χ0v) is 21.0. The lowest BCUT2D eigenvalue weighted by Gasteiger charge is -2.23. The molecule has 196 valence electrons. The molecule has 3 atom stereocenters. The van der Waals surface area contributed by atoms with Gasteiger partial charge in [0.2, 0.25) is 23.6 Å². The van der Waals surface area contributed by atoms with Gasteiger partial charge in [0.25, 0.3) is 0 Å². The Balaban J connectivity index is 2.26. The molecule has 2 aromatic carbocycles. The van der Waals surface area contributed by atoms with E-state index in [4.69, 9.17) is 10.9 Å². The Morgan fingerprint density at radius 2 is 1.64 bits per heavy atom. The summed E-state index contributed by atoms with van der Waals surface area (Å²) in [5.74, 6) is -3.06. The number of hydroxylamine groups is 1. The van der Waals surface area contributed by atoms with Crippen molar-refractivity contribution >= 4 is 34.4 Å². The highest BCUT2D eigenvalue weighted by Crippen LogP contribution is 2.19. The van der Waals surface area contributed by atoms with Gasteiger partial charge in [-0.2, -0.15) is 0 Å². The Kier molecular flexibility index (Phi) is 11.5. The van der Waals surface area contributed by atoms with E-state index in [1.807, 2.05) is 56.3 Å². The van der Waals surface area contributed by atoms with E-state index in [1.165, 1.54) is 0 Å². The third-order valence-electron chi connectivity index (χ3n) is 5.80. The molecule has 0 heterocycles. The Hall–Kier alpha value is -3.34. The van der Waals surface area contributed by atoms with E-state index in [1.54, 1.807) is 12.4 Å². The predicted molar refractivity (Wildman–Crippen MR) is 137 cm³/mol. The molecule has 0 radical (unpaired) electrons. The van der Waals surface area contributed by atoms with Crippen molar-refractivity contribution in [2.75, 3.05) is 13.1 Å². The topological polar surface area (TPSA) is 163 Å². The zero-order chi connectivity index (χ0) is 26.7. The van der Waals surface area contributed by atoms with Gasteiger partial charge < -0.3 is 16.4 Å². The minimum Gasteiger partial charge on any atom is -0.344 e. The van der Waals surface area contributed by atoms with Crippen molar-refractivity contribution in [3.8, 4) is 0 Å². The normalized spacial score (nSPS) is 13.6. The maximum atomic E-state index is 13.1. The molecule has 0 saturated carbocycles. The number of nitrogens with one attached hydrogen (secondary N) is 4. The van der Waals surface area contributed by atoms with E-state index < -0.39 is 41.6 Å². The van der Waals surface area contributed by atoms with Crippen LogP contribution in [0, 0.1) is 11.8 Å². The van der Waals surface area contributed by atoms with Gasteiger partial charge in [-0.25, -0.2) is 5.48 Å². The van der Waals surface area contributed by atoms with Crippen LogP contribution in [0.15, 0.2) is 42.5 Å². The molecule has 10 heteroatoms. The molecule has 0 unspecified atom stereocenters. The Morgan fingerprint density at radius 3 is 2.28 bits per heavy atom. The molecule has 0 aromatic heterocycles. The van der Waals surface area contributed by atoms with Crippen molar-refractivity contribution in [3.05, 3.63) is 48.0 Å². The van der Waals surface area contributed by atoms with Crippen molar-refractivity contribution in [1.82, 2.24) is 21.4 Å². The van der Waals surface area contributed by atoms with Crippen LogP contribution in [0.25, 0.3) is 10.8 Å². The first-order valence-corrected chi connectivity index (χ1v) is 12.1. The summed E-state index contributed by atoms with van der Waals surface area (Å²) in [4.78, 5) is 50.6. The van der Waals surface area contributed by atoms with Gasteiger partial charge in [-0.3, -0.25) is 29.7 Å². The van der Waals surface area contributed by atoms with Gasteiger partial charge in [-0.15, -0.1) is 0 Å². The number of amides is 4. The van der Waals surface area contributed by atoms with Gasteiger partial charge in [0.15, 0.2) is 0 Å². The van der Waals surface area contributed by atoms with Crippen molar-refractivity contribution in [1.29, 1.82) is 0 Å². The monoisotopic (exact) mass is 499 g/mol. The van der Waals surface area contributed by atoms with E-state index in [-0.39, 0.29) is 18.8 Å². The van der Waals surface area contributed by atoms with Crippen LogP contribution in [0.2, 0.25) is 0 Å². The zero-order valence-electron chi connectivity index (χ0n) is 21.0. The number of hydrogen-bond donors (Lipinski definition) is 6. The van der Waals surface area contributed by atoms with Crippen LogP contribution in [0.5, 0.6) is 0 Å². The predicted octanol–water partition coefficient (Wildman–Crippen LogP) is 1.00. The smallest absolute Gasteiger partial charge is 0.249 e. The highest BCUT2D eigenvalue weighted by Gasteiger charge is 2.29. The second-order valence-corrected chi connectivity index (χ2v) is 9.33. The minimum atomic E-state index is -1.06. The van der Waals surface area contributed by atoms with Gasteiger partial charge in [0.05, 0.1) is 6.04 Å². The second kappa shape index (κ2) is 14.3. The third kappa shape index (κ3) is 9.03. The fraction of sp³-hybridized carbons (Fsp3) is 0.462. The van der Waals surface area contributed by atoms with E-state index in [0.29, 0.717) is 19.5 Å². The molecule has 0 aliphatic heterocycles.